The number of piperidine rings is 1. The molecule has 0 spiro atoms. The molecule has 0 aromatic rings. The number of carbonyl (C=O) groups is 1. The lowest BCUT2D eigenvalue weighted by Crippen LogP contribution is -2.33. The Morgan fingerprint density at radius 3 is 2.89 bits per heavy atom. The highest BCUT2D eigenvalue weighted by Gasteiger charge is 2.43. The average Bonchev–Trinajstić information content (AvgIpc) is 3.00. The molecule has 0 aromatic carbocycles. The molecule has 4 unspecified atom stereocenters. The van der Waals surface area contributed by atoms with Crippen molar-refractivity contribution in [3.05, 3.63) is 0 Å². The molecule has 1 saturated carbocycles. The summed E-state index contributed by atoms with van der Waals surface area (Å²) in [5.41, 5.74) is 0. The summed E-state index contributed by atoms with van der Waals surface area (Å²) in [6, 6.07) is 0. The van der Waals surface area contributed by atoms with Crippen LogP contribution >= 0.6 is 0 Å². The quantitative estimate of drug-likeness (QED) is 0.801. The second kappa shape index (κ2) is 5.80. The van der Waals surface area contributed by atoms with Gasteiger partial charge in [0.15, 0.2) is 0 Å². The van der Waals surface area contributed by atoms with Crippen LogP contribution in [-0.4, -0.2) is 48.2 Å². The smallest absolute Gasteiger partial charge is 0.222 e. The van der Waals surface area contributed by atoms with Crippen LogP contribution in [-0.2, 0) is 4.79 Å². The van der Waals surface area contributed by atoms with E-state index in [-0.39, 0.29) is 6.10 Å². The van der Waals surface area contributed by atoms with Gasteiger partial charge in [0.25, 0.3) is 0 Å². The summed E-state index contributed by atoms with van der Waals surface area (Å²) in [7, 11) is 0. The predicted molar refractivity (Wildman–Crippen MR) is 73.6 cm³/mol. The molecule has 1 amide bonds. The van der Waals surface area contributed by atoms with Crippen molar-refractivity contribution in [3.63, 3.8) is 0 Å². The van der Waals surface area contributed by atoms with Gasteiger partial charge in [0.05, 0.1) is 6.10 Å². The zero-order valence-corrected chi connectivity index (χ0v) is 11.7. The van der Waals surface area contributed by atoms with Gasteiger partial charge in [0.2, 0.25) is 5.91 Å². The molecule has 2 saturated heterocycles. The van der Waals surface area contributed by atoms with Gasteiger partial charge in [-0.3, -0.25) is 4.79 Å². The molecule has 4 nitrogen and oxygen atoms in total. The highest BCUT2D eigenvalue weighted by atomic mass is 16.3. The first-order valence-electron chi connectivity index (χ1n) is 7.90. The molecule has 0 aromatic heterocycles. The molecule has 3 rings (SSSR count). The first-order valence-corrected chi connectivity index (χ1v) is 7.90. The minimum absolute atomic E-state index is 0.162. The number of aliphatic hydroxyl groups is 1. The van der Waals surface area contributed by atoms with Gasteiger partial charge in [-0.1, -0.05) is 0 Å². The van der Waals surface area contributed by atoms with E-state index < -0.39 is 0 Å². The zero-order valence-electron chi connectivity index (χ0n) is 11.7. The van der Waals surface area contributed by atoms with Crippen LogP contribution < -0.4 is 5.32 Å². The Morgan fingerprint density at radius 1 is 1.26 bits per heavy atom. The van der Waals surface area contributed by atoms with Gasteiger partial charge in [0.1, 0.15) is 0 Å². The largest absolute Gasteiger partial charge is 0.393 e. The Bertz CT molecular complexity index is 328. The fraction of sp³-hybridized carbons (Fsp3) is 0.933. The van der Waals surface area contributed by atoms with Crippen LogP contribution in [0.2, 0.25) is 0 Å². The average molecular weight is 266 g/mol. The number of nitrogens with zero attached hydrogens (tertiary/aromatic N) is 1. The Morgan fingerprint density at radius 2 is 2.16 bits per heavy atom. The van der Waals surface area contributed by atoms with Crippen molar-refractivity contribution in [1.82, 2.24) is 10.2 Å². The van der Waals surface area contributed by atoms with Crippen LogP contribution in [0.25, 0.3) is 0 Å². The van der Waals surface area contributed by atoms with Crippen molar-refractivity contribution >= 4 is 5.91 Å². The SMILES string of the molecule is O=C(CCC1CCCNC1)N1CC2CCC(O)C2C1. The van der Waals surface area contributed by atoms with E-state index >= 15 is 0 Å². The highest BCUT2D eigenvalue weighted by molar-refractivity contribution is 5.76. The molecular weight excluding hydrogens is 240 g/mol. The zero-order chi connectivity index (χ0) is 13.2. The van der Waals surface area contributed by atoms with Crippen LogP contribution in [0.15, 0.2) is 0 Å². The highest BCUT2D eigenvalue weighted by Crippen LogP contribution is 2.38. The van der Waals surface area contributed by atoms with E-state index in [0.29, 0.717) is 30.1 Å². The normalized spacial score (nSPS) is 38.5. The lowest BCUT2D eigenvalue weighted by atomic mass is 9.94. The van der Waals surface area contributed by atoms with Crippen molar-refractivity contribution in [3.8, 4) is 0 Å². The molecule has 108 valence electrons. The van der Waals surface area contributed by atoms with E-state index in [9.17, 15) is 9.90 Å². The second-order valence-electron chi connectivity index (χ2n) is 6.62. The Hall–Kier alpha value is -0.610. The van der Waals surface area contributed by atoms with Gasteiger partial charge < -0.3 is 15.3 Å². The third kappa shape index (κ3) is 2.95. The van der Waals surface area contributed by atoms with Crippen LogP contribution in [0.5, 0.6) is 0 Å². The van der Waals surface area contributed by atoms with E-state index in [4.69, 9.17) is 0 Å². The first-order chi connectivity index (χ1) is 9.24. The third-order valence-corrected chi connectivity index (χ3v) is 5.34. The molecule has 4 atom stereocenters. The number of hydrogen-bond acceptors (Lipinski definition) is 3. The van der Waals surface area contributed by atoms with E-state index in [1.165, 1.54) is 12.8 Å². The van der Waals surface area contributed by atoms with Gasteiger partial charge in [-0.15, -0.1) is 0 Å². The number of rotatable bonds is 3. The van der Waals surface area contributed by atoms with Crippen LogP contribution in [0, 0.1) is 17.8 Å². The minimum Gasteiger partial charge on any atom is -0.393 e. The maximum atomic E-state index is 12.2. The molecule has 2 aliphatic heterocycles. The summed E-state index contributed by atoms with van der Waals surface area (Å²) in [6.07, 6.45) is 6.11. The summed E-state index contributed by atoms with van der Waals surface area (Å²) in [4.78, 5) is 14.3. The lowest BCUT2D eigenvalue weighted by molar-refractivity contribution is -0.130. The van der Waals surface area contributed by atoms with E-state index in [2.05, 4.69) is 5.32 Å². The molecule has 0 radical (unpaired) electrons. The summed E-state index contributed by atoms with van der Waals surface area (Å²) in [5.74, 6) is 1.92. The second-order valence-corrected chi connectivity index (χ2v) is 6.62. The van der Waals surface area contributed by atoms with Gasteiger partial charge in [0, 0.05) is 25.4 Å². The first kappa shape index (κ1) is 13.4. The molecule has 19 heavy (non-hydrogen) atoms. The number of nitrogens with one attached hydrogen (secondary N) is 1. The summed E-state index contributed by atoms with van der Waals surface area (Å²) in [5, 5.41) is 13.3. The van der Waals surface area contributed by atoms with E-state index in [1.807, 2.05) is 4.90 Å². The van der Waals surface area contributed by atoms with Crippen LogP contribution in [0.3, 0.4) is 0 Å². The molecule has 3 aliphatic rings. The number of fused-ring (bicyclic) bond motifs is 1. The van der Waals surface area contributed by atoms with Crippen molar-refractivity contribution in [2.75, 3.05) is 26.2 Å². The van der Waals surface area contributed by atoms with Gasteiger partial charge in [-0.05, 0) is 57.0 Å². The van der Waals surface area contributed by atoms with Crippen molar-refractivity contribution in [1.29, 1.82) is 0 Å². The molecular formula is C15H26N2O2. The number of likely N-dealkylation sites (tertiary alicyclic amines) is 1. The van der Waals surface area contributed by atoms with Gasteiger partial charge in [-0.25, -0.2) is 0 Å². The molecule has 0 bridgehead atoms. The topological polar surface area (TPSA) is 52.6 Å². The fourth-order valence-electron chi connectivity index (χ4n) is 4.10. The molecule has 2 heterocycles. The van der Waals surface area contributed by atoms with Crippen molar-refractivity contribution in [2.24, 2.45) is 17.8 Å². The summed E-state index contributed by atoms with van der Waals surface area (Å²) >= 11 is 0. The standard InChI is InChI=1S/C15H26N2O2/c18-14-5-4-12-9-17(10-13(12)14)15(19)6-3-11-2-1-7-16-8-11/h11-14,16,18H,1-10H2. The van der Waals surface area contributed by atoms with Crippen LogP contribution in [0.4, 0.5) is 0 Å². The Kier molecular flexibility index (Phi) is 4.08. The predicted octanol–water partition coefficient (Wildman–Crippen LogP) is 0.995. The summed E-state index contributed by atoms with van der Waals surface area (Å²) in [6.45, 7) is 3.91. The number of amides is 1. The fourth-order valence-corrected chi connectivity index (χ4v) is 4.10. The van der Waals surface area contributed by atoms with Crippen LogP contribution in [0.1, 0.15) is 38.5 Å². The number of hydrogen-bond donors (Lipinski definition) is 2. The molecule has 2 N–H and O–H groups in total. The monoisotopic (exact) mass is 266 g/mol. The maximum absolute atomic E-state index is 12.2. The molecule has 1 aliphatic carbocycles. The van der Waals surface area contributed by atoms with Crippen molar-refractivity contribution < 1.29 is 9.90 Å². The Balaban J connectivity index is 1.44. The number of carbonyl (C=O) groups excluding carboxylic acids is 1. The van der Waals surface area contributed by atoms with Gasteiger partial charge >= 0.3 is 0 Å². The third-order valence-electron chi connectivity index (χ3n) is 5.34. The van der Waals surface area contributed by atoms with Crippen molar-refractivity contribution in [2.45, 2.75) is 44.6 Å². The lowest BCUT2D eigenvalue weighted by Gasteiger charge is -2.24. The van der Waals surface area contributed by atoms with E-state index in [0.717, 1.165) is 45.4 Å². The Labute approximate surface area is 115 Å². The summed E-state index contributed by atoms with van der Waals surface area (Å²) < 4.78 is 0. The van der Waals surface area contributed by atoms with Gasteiger partial charge in [-0.2, -0.15) is 0 Å². The minimum atomic E-state index is -0.162. The molecule has 4 heteroatoms. The molecule has 3 fully saturated rings. The van der Waals surface area contributed by atoms with E-state index in [1.54, 1.807) is 0 Å². The number of aliphatic hydroxyl groups excluding tert-OH is 1. The maximum Gasteiger partial charge on any atom is 0.222 e.